The number of hydrogen-bond acceptors (Lipinski definition) is 2. The van der Waals surface area contributed by atoms with Gasteiger partial charge in [-0.05, 0) is 18.6 Å². The number of hydrogen-bond donors (Lipinski definition) is 0. The second kappa shape index (κ2) is 5.82. The van der Waals surface area contributed by atoms with Gasteiger partial charge in [0.05, 0.1) is 11.6 Å². The highest BCUT2D eigenvalue weighted by Crippen LogP contribution is 2.40. The molecule has 0 aliphatic heterocycles. The third-order valence-corrected chi connectivity index (χ3v) is 2.39. The molecule has 0 fully saturated rings. The van der Waals surface area contributed by atoms with Crippen molar-refractivity contribution in [1.29, 1.82) is 0 Å². The molecular weight excluding hydrogens is 324 g/mol. The van der Waals surface area contributed by atoms with Crippen LogP contribution in [0.3, 0.4) is 0 Å². The van der Waals surface area contributed by atoms with Gasteiger partial charge in [0.2, 0.25) is 0 Å². The molecule has 0 saturated carbocycles. The molecule has 1 aromatic carbocycles. The number of rotatable bonds is 4. The lowest BCUT2D eigenvalue weighted by Crippen LogP contribution is -2.18. The van der Waals surface area contributed by atoms with Crippen molar-refractivity contribution in [3.8, 4) is 11.5 Å². The molecular formula is C10H9BrClF3O2. The molecule has 1 rings (SSSR count). The van der Waals surface area contributed by atoms with Crippen molar-refractivity contribution >= 4 is 27.5 Å². The zero-order valence-electron chi connectivity index (χ0n) is 8.78. The van der Waals surface area contributed by atoms with Crippen LogP contribution in [0.15, 0.2) is 16.6 Å². The highest BCUT2D eigenvalue weighted by atomic mass is 79.9. The lowest BCUT2D eigenvalue weighted by molar-refractivity contribution is -0.275. The maximum absolute atomic E-state index is 12.2. The summed E-state index contributed by atoms with van der Waals surface area (Å²) >= 11 is 8.83. The lowest BCUT2D eigenvalue weighted by atomic mass is 10.3. The summed E-state index contributed by atoms with van der Waals surface area (Å²) in [5.74, 6) is -0.556. The first-order chi connectivity index (χ1) is 7.83. The molecule has 0 N–H and O–H groups in total. The summed E-state index contributed by atoms with van der Waals surface area (Å²) < 4.78 is 45.9. The van der Waals surface area contributed by atoms with E-state index in [1.807, 2.05) is 6.92 Å². The number of benzene rings is 1. The van der Waals surface area contributed by atoms with E-state index < -0.39 is 12.1 Å². The van der Waals surface area contributed by atoms with E-state index in [1.54, 1.807) is 0 Å². The van der Waals surface area contributed by atoms with Crippen molar-refractivity contribution in [2.45, 2.75) is 19.7 Å². The van der Waals surface area contributed by atoms with Crippen molar-refractivity contribution in [3.63, 3.8) is 0 Å². The van der Waals surface area contributed by atoms with Gasteiger partial charge >= 0.3 is 6.36 Å². The Kier molecular flexibility index (Phi) is 4.94. The first-order valence-corrected chi connectivity index (χ1v) is 5.88. The van der Waals surface area contributed by atoms with E-state index in [9.17, 15) is 13.2 Å². The molecule has 0 bridgehead atoms. The molecule has 0 atom stereocenters. The Morgan fingerprint density at radius 2 is 2.00 bits per heavy atom. The van der Waals surface area contributed by atoms with Crippen LogP contribution < -0.4 is 9.47 Å². The van der Waals surface area contributed by atoms with Crippen molar-refractivity contribution in [3.05, 3.63) is 21.6 Å². The summed E-state index contributed by atoms with van der Waals surface area (Å²) in [5.41, 5.74) is 0. The first kappa shape index (κ1) is 14.4. The Morgan fingerprint density at radius 3 is 2.53 bits per heavy atom. The average molecular weight is 334 g/mol. The summed E-state index contributed by atoms with van der Waals surface area (Å²) in [5, 5.41) is 0.0621. The zero-order chi connectivity index (χ0) is 13.1. The van der Waals surface area contributed by atoms with Crippen LogP contribution >= 0.6 is 27.5 Å². The Balaban J connectivity index is 3.06. The van der Waals surface area contributed by atoms with Crippen molar-refractivity contribution in [1.82, 2.24) is 0 Å². The molecule has 17 heavy (non-hydrogen) atoms. The predicted octanol–water partition coefficient (Wildman–Crippen LogP) is 4.79. The molecule has 0 aliphatic carbocycles. The van der Waals surface area contributed by atoms with E-state index in [0.717, 1.165) is 6.07 Å². The topological polar surface area (TPSA) is 18.5 Å². The maximum atomic E-state index is 12.2. The normalized spacial score (nSPS) is 11.4. The Hall–Kier alpha value is -0.620. The van der Waals surface area contributed by atoms with E-state index in [2.05, 4.69) is 20.7 Å². The molecule has 0 unspecified atom stereocenters. The zero-order valence-corrected chi connectivity index (χ0v) is 11.1. The summed E-state index contributed by atoms with van der Waals surface area (Å²) in [6.07, 6.45) is -4.13. The Labute approximate surface area is 110 Å². The number of alkyl halides is 3. The van der Waals surface area contributed by atoms with Gasteiger partial charge in [-0.1, -0.05) is 34.5 Å². The fourth-order valence-electron chi connectivity index (χ4n) is 1.08. The number of halogens is 5. The predicted molar refractivity (Wildman–Crippen MR) is 61.6 cm³/mol. The largest absolute Gasteiger partial charge is 0.573 e. The van der Waals surface area contributed by atoms with Crippen LogP contribution in [0.25, 0.3) is 0 Å². The molecule has 0 amide bonds. The molecule has 0 heterocycles. The molecule has 0 aliphatic rings. The van der Waals surface area contributed by atoms with E-state index >= 15 is 0 Å². The average Bonchev–Trinajstić information content (AvgIpc) is 2.13. The van der Waals surface area contributed by atoms with E-state index in [1.165, 1.54) is 6.07 Å². The molecule has 0 aromatic heterocycles. The van der Waals surface area contributed by atoms with Crippen LogP contribution in [-0.4, -0.2) is 13.0 Å². The minimum absolute atomic E-state index is 0.0621. The monoisotopic (exact) mass is 332 g/mol. The van der Waals surface area contributed by atoms with Gasteiger partial charge in [0.25, 0.3) is 0 Å². The Morgan fingerprint density at radius 1 is 1.35 bits per heavy atom. The van der Waals surface area contributed by atoms with E-state index in [4.69, 9.17) is 16.3 Å². The van der Waals surface area contributed by atoms with Crippen LogP contribution in [0.5, 0.6) is 11.5 Å². The highest BCUT2D eigenvalue weighted by Gasteiger charge is 2.33. The molecule has 0 saturated heterocycles. The minimum Gasteiger partial charge on any atom is -0.488 e. The van der Waals surface area contributed by atoms with E-state index in [0.29, 0.717) is 10.9 Å². The molecule has 1 aromatic rings. The van der Waals surface area contributed by atoms with Crippen molar-refractivity contribution in [2.24, 2.45) is 0 Å². The van der Waals surface area contributed by atoms with Crippen molar-refractivity contribution < 1.29 is 22.6 Å². The first-order valence-electron chi connectivity index (χ1n) is 4.71. The van der Waals surface area contributed by atoms with Gasteiger partial charge in [-0.25, -0.2) is 0 Å². The summed E-state index contributed by atoms with van der Waals surface area (Å²) in [7, 11) is 0. The van der Waals surface area contributed by atoms with Gasteiger partial charge < -0.3 is 9.47 Å². The van der Waals surface area contributed by atoms with E-state index in [-0.39, 0.29) is 17.4 Å². The van der Waals surface area contributed by atoms with Gasteiger partial charge in [0.15, 0.2) is 11.5 Å². The van der Waals surface area contributed by atoms with Gasteiger partial charge in [0.1, 0.15) is 0 Å². The third kappa shape index (κ3) is 4.63. The minimum atomic E-state index is -4.78. The summed E-state index contributed by atoms with van der Waals surface area (Å²) in [4.78, 5) is 0. The standard InChI is InChI=1S/C10H9BrClF3O2/c1-2-3-16-9-7(12)4-6(11)5-8(9)17-10(13,14)15/h4-5H,2-3H2,1H3. The highest BCUT2D eigenvalue weighted by molar-refractivity contribution is 9.10. The van der Waals surface area contributed by atoms with Gasteiger partial charge in [-0.3, -0.25) is 0 Å². The SMILES string of the molecule is CCCOc1c(Cl)cc(Br)cc1OC(F)(F)F. The molecule has 0 spiro atoms. The fraction of sp³-hybridized carbons (Fsp3) is 0.400. The lowest BCUT2D eigenvalue weighted by Gasteiger charge is -2.15. The number of ether oxygens (including phenoxy) is 2. The van der Waals surface area contributed by atoms with Crippen LogP contribution in [0, 0.1) is 0 Å². The smallest absolute Gasteiger partial charge is 0.488 e. The summed E-state index contributed by atoms with van der Waals surface area (Å²) in [6.45, 7) is 2.09. The molecule has 2 nitrogen and oxygen atoms in total. The fourth-order valence-corrected chi connectivity index (χ4v) is 1.92. The second-order valence-corrected chi connectivity index (χ2v) is 4.43. The maximum Gasteiger partial charge on any atom is 0.573 e. The van der Waals surface area contributed by atoms with Gasteiger partial charge in [-0.2, -0.15) is 0 Å². The van der Waals surface area contributed by atoms with Crippen LogP contribution in [0.1, 0.15) is 13.3 Å². The van der Waals surface area contributed by atoms with Crippen LogP contribution in [-0.2, 0) is 0 Å². The second-order valence-electron chi connectivity index (χ2n) is 3.11. The molecule has 0 radical (unpaired) electrons. The van der Waals surface area contributed by atoms with Crippen LogP contribution in [0.2, 0.25) is 5.02 Å². The van der Waals surface area contributed by atoms with Crippen molar-refractivity contribution in [2.75, 3.05) is 6.61 Å². The van der Waals surface area contributed by atoms with Crippen LogP contribution in [0.4, 0.5) is 13.2 Å². The van der Waals surface area contributed by atoms with Gasteiger partial charge in [-0.15, -0.1) is 13.2 Å². The van der Waals surface area contributed by atoms with Gasteiger partial charge in [0, 0.05) is 4.47 Å². The third-order valence-electron chi connectivity index (χ3n) is 1.65. The summed E-state index contributed by atoms with van der Waals surface area (Å²) in [6, 6.07) is 2.60. The molecule has 96 valence electrons. The molecule has 7 heteroatoms. The quantitative estimate of drug-likeness (QED) is 0.789. The Bertz CT molecular complexity index is 396.